The molecule has 1 aliphatic heterocycles. The van der Waals surface area contributed by atoms with E-state index in [4.69, 9.17) is 10.1 Å². The number of rotatable bonds is 7. The molecule has 1 aromatic carbocycles. The number of benzene rings is 1. The molecule has 0 saturated carbocycles. The van der Waals surface area contributed by atoms with Crippen LogP contribution in [-0.2, 0) is 17.8 Å². The van der Waals surface area contributed by atoms with Crippen LogP contribution in [0.25, 0.3) is 10.6 Å². The van der Waals surface area contributed by atoms with E-state index in [2.05, 4.69) is 41.5 Å². The van der Waals surface area contributed by atoms with Gasteiger partial charge in [-0.1, -0.05) is 31.2 Å². The summed E-state index contributed by atoms with van der Waals surface area (Å²) in [5, 5.41) is 12.1. The molecule has 1 unspecified atom stereocenters. The van der Waals surface area contributed by atoms with Crippen LogP contribution in [0.2, 0.25) is 0 Å². The van der Waals surface area contributed by atoms with Gasteiger partial charge in [-0.25, -0.2) is 4.98 Å². The zero-order valence-electron chi connectivity index (χ0n) is 14.8. The fourth-order valence-electron chi connectivity index (χ4n) is 3.48. The van der Waals surface area contributed by atoms with Gasteiger partial charge in [0.05, 0.1) is 5.69 Å². The maximum absolute atomic E-state index is 10.8. The molecule has 0 amide bonds. The molecule has 134 valence electrons. The van der Waals surface area contributed by atoms with Crippen molar-refractivity contribution in [3.05, 3.63) is 40.9 Å². The van der Waals surface area contributed by atoms with Crippen LogP contribution in [0.1, 0.15) is 43.9 Å². The molecule has 5 heteroatoms. The van der Waals surface area contributed by atoms with E-state index in [0.29, 0.717) is 5.92 Å². The molecule has 2 heterocycles. The molecule has 2 aromatic rings. The average molecular weight is 359 g/mol. The van der Waals surface area contributed by atoms with Crippen molar-refractivity contribution in [2.75, 3.05) is 13.1 Å². The summed E-state index contributed by atoms with van der Waals surface area (Å²) in [7, 11) is 0. The van der Waals surface area contributed by atoms with Crippen LogP contribution in [0.4, 0.5) is 0 Å². The van der Waals surface area contributed by atoms with Gasteiger partial charge in [-0.15, -0.1) is 11.3 Å². The standard InChI is InChI=1S/C20H26N2O2S/c1-2-15-5-8-17(9-6-15)20-21-18(14-25-20)13-22-11-3-4-16(12-22)7-10-19(23)24/h5-6,8-9,14,16H,2-4,7,10-13H2,1H3,(H,23,24). The van der Waals surface area contributed by atoms with Gasteiger partial charge < -0.3 is 5.11 Å². The predicted octanol–water partition coefficient (Wildman–Crippen LogP) is 4.45. The minimum atomic E-state index is -0.685. The Kier molecular flexibility index (Phi) is 6.21. The summed E-state index contributed by atoms with van der Waals surface area (Å²) >= 11 is 1.70. The van der Waals surface area contributed by atoms with Gasteiger partial charge in [-0.2, -0.15) is 0 Å². The zero-order chi connectivity index (χ0) is 17.6. The Labute approximate surface area is 153 Å². The SMILES string of the molecule is CCc1ccc(-c2nc(CN3CCCC(CCC(=O)O)C3)cs2)cc1. The number of carboxylic acid groups (broad SMARTS) is 1. The minimum Gasteiger partial charge on any atom is -0.481 e. The molecular formula is C20H26N2O2S. The number of hydrogen-bond donors (Lipinski definition) is 1. The predicted molar refractivity (Wildman–Crippen MR) is 102 cm³/mol. The molecule has 1 atom stereocenters. The van der Waals surface area contributed by atoms with Crippen LogP contribution in [0.5, 0.6) is 0 Å². The van der Waals surface area contributed by atoms with Crippen LogP contribution in [0.3, 0.4) is 0 Å². The van der Waals surface area contributed by atoms with Crippen molar-refractivity contribution >= 4 is 17.3 Å². The second kappa shape index (κ2) is 8.59. The largest absolute Gasteiger partial charge is 0.481 e. The average Bonchev–Trinajstić information content (AvgIpc) is 3.09. The van der Waals surface area contributed by atoms with Gasteiger partial charge >= 0.3 is 5.97 Å². The van der Waals surface area contributed by atoms with Crippen LogP contribution in [-0.4, -0.2) is 34.0 Å². The maximum Gasteiger partial charge on any atom is 0.303 e. The molecule has 0 spiro atoms. The number of piperidine rings is 1. The van der Waals surface area contributed by atoms with Gasteiger partial charge in [0.1, 0.15) is 5.01 Å². The second-order valence-electron chi connectivity index (χ2n) is 6.87. The summed E-state index contributed by atoms with van der Waals surface area (Å²) in [6.45, 7) is 5.11. The van der Waals surface area contributed by atoms with Crippen LogP contribution in [0.15, 0.2) is 29.6 Å². The normalized spacial score (nSPS) is 18.4. The zero-order valence-corrected chi connectivity index (χ0v) is 15.6. The molecule has 4 nitrogen and oxygen atoms in total. The first-order valence-electron chi connectivity index (χ1n) is 9.12. The molecule has 25 heavy (non-hydrogen) atoms. The van der Waals surface area contributed by atoms with E-state index in [1.807, 2.05) is 0 Å². The smallest absolute Gasteiger partial charge is 0.303 e. The first-order valence-corrected chi connectivity index (χ1v) is 10.00. The lowest BCUT2D eigenvalue weighted by Gasteiger charge is -2.32. The fraction of sp³-hybridized carbons (Fsp3) is 0.500. The van der Waals surface area contributed by atoms with Crippen molar-refractivity contribution in [3.63, 3.8) is 0 Å². The van der Waals surface area contributed by atoms with Gasteiger partial charge in [0.15, 0.2) is 0 Å². The number of thiazole rings is 1. The molecule has 0 bridgehead atoms. The van der Waals surface area contributed by atoms with Crippen molar-refractivity contribution < 1.29 is 9.90 Å². The highest BCUT2D eigenvalue weighted by atomic mass is 32.1. The van der Waals surface area contributed by atoms with Crippen LogP contribution < -0.4 is 0 Å². The molecule has 0 aliphatic carbocycles. The van der Waals surface area contributed by atoms with E-state index in [0.717, 1.165) is 56.0 Å². The van der Waals surface area contributed by atoms with Gasteiger partial charge in [-0.3, -0.25) is 9.69 Å². The maximum atomic E-state index is 10.8. The molecular weight excluding hydrogens is 332 g/mol. The molecule has 1 saturated heterocycles. The number of carbonyl (C=O) groups is 1. The Morgan fingerprint density at radius 1 is 1.36 bits per heavy atom. The van der Waals surface area contributed by atoms with E-state index < -0.39 is 5.97 Å². The van der Waals surface area contributed by atoms with Crippen molar-refractivity contribution in [1.82, 2.24) is 9.88 Å². The third-order valence-electron chi connectivity index (χ3n) is 4.92. The number of hydrogen-bond acceptors (Lipinski definition) is 4. The molecule has 1 aromatic heterocycles. The summed E-state index contributed by atoms with van der Waals surface area (Å²) < 4.78 is 0. The van der Waals surface area contributed by atoms with E-state index in [1.165, 1.54) is 11.1 Å². The van der Waals surface area contributed by atoms with E-state index >= 15 is 0 Å². The highest BCUT2D eigenvalue weighted by Crippen LogP contribution is 2.26. The van der Waals surface area contributed by atoms with Crippen LogP contribution >= 0.6 is 11.3 Å². The topological polar surface area (TPSA) is 53.4 Å². The first kappa shape index (κ1) is 18.1. The number of carboxylic acids is 1. The number of nitrogens with zero attached hydrogens (tertiary/aromatic N) is 2. The highest BCUT2D eigenvalue weighted by molar-refractivity contribution is 7.13. The Bertz CT molecular complexity index is 696. The number of aliphatic carboxylic acids is 1. The third-order valence-corrected chi connectivity index (χ3v) is 5.86. The summed E-state index contributed by atoms with van der Waals surface area (Å²) in [4.78, 5) is 18.0. The fourth-order valence-corrected chi connectivity index (χ4v) is 4.30. The summed E-state index contributed by atoms with van der Waals surface area (Å²) in [6.07, 6.45) is 4.43. The van der Waals surface area contributed by atoms with Gasteiger partial charge in [0, 0.05) is 30.5 Å². The highest BCUT2D eigenvalue weighted by Gasteiger charge is 2.21. The molecule has 0 radical (unpaired) electrons. The lowest BCUT2D eigenvalue weighted by molar-refractivity contribution is -0.137. The Hall–Kier alpha value is -1.72. The van der Waals surface area contributed by atoms with Crippen molar-refractivity contribution in [2.24, 2.45) is 5.92 Å². The van der Waals surface area contributed by atoms with Gasteiger partial charge in [0.2, 0.25) is 0 Å². The molecule has 1 N–H and O–H groups in total. The lowest BCUT2D eigenvalue weighted by Crippen LogP contribution is -2.35. The van der Waals surface area contributed by atoms with E-state index in [1.54, 1.807) is 11.3 Å². The lowest BCUT2D eigenvalue weighted by atomic mass is 9.93. The van der Waals surface area contributed by atoms with E-state index in [9.17, 15) is 4.79 Å². The molecule has 1 aliphatic rings. The Morgan fingerprint density at radius 2 is 2.16 bits per heavy atom. The summed E-state index contributed by atoms with van der Waals surface area (Å²) in [6, 6.07) is 8.66. The molecule has 3 rings (SSSR count). The quantitative estimate of drug-likeness (QED) is 0.794. The van der Waals surface area contributed by atoms with Crippen LogP contribution in [0, 0.1) is 5.92 Å². The molecule has 1 fully saturated rings. The first-order chi connectivity index (χ1) is 12.1. The minimum absolute atomic E-state index is 0.285. The number of aromatic nitrogens is 1. The van der Waals surface area contributed by atoms with Crippen molar-refractivity contribution in [1.29, 1.82) is 0 Å². The van der Waals surface area contributed by atoms with Crippen molar-refractivity contribution in [2.45, 2.75) is 45.6 Å². The second-order valence-corrected chi connectivity index (χ2v) is 7.73. The monoisotopic (exact) mass is 358 g/mol. The third kappa shape index (κ3) is 5.13. The Balaban J connectivity index is 1.57. The van der Waals surface area contributed by atoms with Gasteiger partial charge in [0.25, 0.3) is 0 Å². The van der Waals surface area contributed by atoms with Crippen molar-refractivity contribution in [3.8, 4) is 10.6 Å². The number of likely N-dealkylation sites (tertiary alicyclic amines) is 1. The summed E-state index contributed by atoms with van der Waals surface area (Å²) in [5.74, 6) is -0.181. The van der Waals surface area contributed by atoms with E-state index in [-0.39, 0.29) is 6.42 Å². The number of aryl methyl sites for hydroxylation is 1. The Morgan fingerprint density at radius 3 is 2.88 bits per heavy atom. The van der Waals surface area contributed by atoms with Gasteiger partial charge in [-0.05, 0) is 43.7 Å². The summed E-state index contributed by atoms with van der Waals surface area (Å²) in [5.41, 5.74) is 3.66.